The van der Waals surface area contributed by atoms with Gasteiger partial charge in [0.05, 0.1) is 11.2 Å². The van der Waals surface area contributed by atoms with Crippen LogP contribution in [-0.4, -0.2) is 9.97 Å². The Hall–Kier alpha value is -2.13. The minimum absolute atomic E-state index is 0. The average molecular weight is 368 g/mol. The zero-order valence-corrected chi connectivity index (χ0v) is 16.1. The van der Waals surface area contributed by atoms with Gasteiger partial charge in [-0.2, -0.15) is 0 Å². The molecular formula is C22H26ClN3. The molecule has 0 bridgehead atoms. The molecule has 1 fully saturated rings. The van der Waals surface area contributed by atoms with Crippen molar-refractivity contribution in [1.29, 1.82) is 0 Å². The molecule has 2 N–H and O–H groups in total. The van der Waals surface area contributed by atoms with Gasteiger partial charge in [0.15, 0.2) is 0 Å². The maximum Gasteiger partial charge on any atom is 0.123 e. The van der Waals surface area contributed by atoms with Crippen LogP contribution in [0.3, 0.4) is 0 Å². The van der Waals surface area contributed by atoms with Crippen molar-refractivity contribution in [1.82, 2.24) is 9.97 Å². The number of benzene rings is 1. The van der Waals surface area contributed by atoms with E-state index in [1.54, 1.807) is 0 Å². The molecule has 1 aliphatic carbocycles. The Labute approximate surface area is 161 Å². The predicted molar refractivity (Wildman–Crippen MR) is 112 cm³/mol. The largest absolute Gasteiger partial charge is 0.384 e. The molecule has 0 atom stereocenters. The Bertz CT molecular complexity index is 901. The summed E-state index contributed by atoms with van der Waals surface area (Å²) in [7, 11) is 0. The maximum absolute atomic E-state index is 5.89. The van der Waals surface area contributed by atoms with Gasteiger partial charge < -0.3 is 5.73 Å². The number of aromatic nitrogens is 2. The van der Waals surface area contributed by atoms with Gasteiger partial charge >= 0.3 is 0 Å². The Morgan fingerprint density at radius 1 is 0.923 bits per heavy atom. The Morgan fingerprint density at radius 3 is 2.50 bits per heavy atom. The Morgan fingerprint density at radius 2 is 1.73 bits per heavy atom. The lowest BCUT2D eigenvalue weighted by Crippen LogP contribution is -2.06. The lowest BCUT2D eigenvalue weighted by Gasteiger charge is -2.21. The van der Waals surface area contributed by atoms with Crippen molar-refractivity contribution in [2.24, 2.45) is 0 Å². The van der Waals surface area contributed by atoms with Crippen molar-refractivity contribution in [2.45, 2.75) is 51.4 Å². The summed E-state index contributed by atoms with van der Waals surface area (Å²) in [6, 6.07) is 14.8. The number of pyridine rings is 2. The number of hydrogen-bond donors (Lipinski definition) is 1. The number of hydrogen-bond acceptors (Lipinski definition) is 3. The van der Waals surface area contributed by atoms with E-state index in [0.717, 1.165) is 23.2 Å². The summed E-state index contributed by atoms with van der Waals surface area (Å²) >= 11 is 0. The van der Waals surface area contributed by atoms with E-state index in [9.17, 15) is 0 Å². The molecule has 1 aliphatic rings. The molecule has 3 aromatic rings. The van der Waals surface area contributed by atoms with Gasteiger partial charge in [-0.05, 0) is 37.5 Å². The SMILES string of the molecule is CCc1nc(N)ccc1-c1cccc2ccc(C3CCCCC3)nc12.Cl. The van der Waals surface area contributed by atoms with Crippen molar-refractivity contribution in [3.63, 3.8) is 0 Å². The fraction of sp³-hybridized carbons (Fsp3) is 0.364. The Kier molecular flexibility index (Phi) is 5.77. The molecular weight excluding hydrogens is 342 g/mol. The molecule has 1 saturated carbocycles. The zero-order valence-electron chi connectivity index (χ0n) is 15.2. The zero-order chi connectivity index (χ0) is 17.2. The minimum atomic E-state index is 0. The number of halogens is 1. The third-order valence-corrected chi connectivity index (χ3v) is 5.39. The van der Waals surface area contributed by atoms with Gasteiger partial charge in [0.1, 0.15) is 5.82 Å². The summed E-state index contributed by atoms with van der Waals surface area (Å²) < 4.78 is 0. The standard InChI is InChI=1S/C22H25N3.ClH/c1-2-19-17(12-14-21(23)24-19)18-10-6-9-16-11-13-20(25-22(16)18)15-7-4-3-5-8-15;/h6,9-15H,2-5,7-8H2,1H3,(H2,23,24);1H. The first-order chi connectivity index (χ1) is 12.3. The van der Waals surface area contributed by atoms with E-state index in [-0.39, 0.29) is 12.4 Å². The monoisotopic (exact) mass is 367 g/mol. The first kappa shape index (κ1) is 18.7. The summed E-state index contributed by atoms with van der Waals surface area (Å²) in [5.41, 5.74) is 11.6. The number of nitrogen functional groups attached to an aromatic ring is 1. The molecule has 0 radical (unpaired) electrons. The molecule has 136 valence electrons. The number of anilines is 1. The molecule has 0 unspecified atom stereocenters. The molecule has 0 spiro atoms. The molecule has 1 aromatic carbocycles. The van der Waals surface area contributed by atoms with Gasteiger partial charge in [-0.3, -0.25) is 4.98 Å². The molecule has 0 amide bonds. The molecule has 2 aromatic heterocycles. The fourth-order valence-corrected chi connectivity index (χ4v) is 4.04. The van der Waals surface area contributed by atoms with Crippen molar-refractivity contribution >= 4 is 29.1 Å². The predicted octanol–water partition coefficient (Wildman–Crippen LogP) is 5.91. The highest BCUT2D eigenvalue weighted by atomic mass is 35.5. The first-order valence-electron chi connectivity index (χ1n) is 9.41. The second-order valence-electron chi connectivity index (χ2n) is 7.03. The van der Waals surface area contributed by atoms with E-state index in [0.29, 0.717) is 11.7 Å². The van der Waals surface area contributed by atoms with E-state index in [1.165, 1.54) is 48.7 Å². The lowest BCUT2D eigenvalue weighted by molar-refractivity contribution is 0.437. The lowest BCUT2D eigenvalue weighted by atomic mass is 9.86. The summed E-state index contributed by atoms with van der Waals surface area (Å²) in [4.78, 5) is 9.65. The number of nitrogens with two attached hydrogens (primary N) is 1. The normalized spacial score (nSPS) is 15.0. The fourth-order valence-electron chi connectivity index (χ4n) is 4.04. The highest BCUT2D eigenvalue weighted by molar-refractivity contribution is 5.94. The van der Waals surface area contributed by atoms with Crippen LogP contribution in [0.5, 0.6) is 0 Å². The summed E-state index contributed by atoms with van der Waals surface area (Å²) in [5, 5.41) is 1.19. The summed E-state index contributed by atoms with van der Waals surface area (Å²) in [5.74, 6) is 1.19. The van der Waals surface area contributed by atoms with Crippen molar-refractivity contribution in [2.75, 3.05) is 5.73 Å². The first-order valence-corrected chi connectivity index (χ1v) is 9.41. The number of para-hydroxylation sites is 1. The third-order valence-electron chi connectivity index (χ3n) is 5.39. The molecule has 26 heavy (non-hydrogen) atoms. The van der Waals surface area contributed by atoms with Gasteiger partial charge in [-0.25, -0.2) is 4.98 Å². The number of fused-ring (bicyclic) bond motifs is 1. The van der Waals surface area contributed by atoms with E-state index < -0.39 is 0 Å². The van der Waals surface area contributed by atoms with Gasteiger partial charge in [0, 0.05) is 28.1 Å². The average Bonchev–Trinajstić information content (AvgIpc) is 2.68. The maximum atomic E-state index is 5.89. The van der Waals surface area contributed by atoms with Crippen molar-refractivity contribution in [3.05, 3.63) is 53.9 Å². The van der Waals surface area contributed by atoms with Crippen LogP contribution >= 0.6 is 12.4 Å². The van der Waals surface area contributed by atoms with Crippen molar-refractivity contribution in [3.8, 4) is 11.1 Å². The smallest absolute Gasteiger partial charge is 0.123 e. The van der Waals surface area contributed by atoms with E-state index in [4.69, 9.17) is 10.7 Å². The number of aryl methyl sites for hydroxylation is 1. The van der Waals surface area contributed by atoms with Gasteiger partial charge in [0.2, 0.25) is 0 Å². The van der Waals surface area contributed by atoms with Crippen LogP contribution in [-0.2, 0) is 6.42 Å². The number of rotatable bonds is 3. The Balaban J connectivity index is 0.00000196. The van der Waals surface area contributed by atoms with E-state index in [1.807, 2.05) is 6.07 Å². The van der Waals surface area contributed by atoms with Crippen LogP contribution in [0.4, 0.5) is 5.82 Å². The van der Waals surface area contributed by atoms with E-state index in [2.05, 4.69) is 48.3 Å². The molecule has 4 heteroatoms. The van der Waals surface area contributed by atoms with Crippen LogP contribution in [0.25, 0.3) is 22.0 Å². The van der Waals surface area contributed by atoms with Crippen LogP contribution < -0.4 is 5.73 Å². The van der Waals surface area contributed by atoms with Gasteiger partial charge in [-0.1, -0.05) is 50.5 Å². The quantitative estimate of drug-likeness (QED) is 0.625. The van der Waals surface area contributed by atoms with E-state index >= 15 is 0 Å². The van der Waals surface area contributed by atoms with Crippen LogP contribution in [0.15, 0.2) is 42.5 Å². The van der Waals surface area contributed by atoms with Crippen molar-refractivity contribution < 1.29 is 0 Å². The van der Waals surface area contributed by atoms with Crippen LogP contribution in [0, 0.1) is 0 Å². The topological polar surface area (TPSA) is 51.8 Å². The van der Waals surface area contributed by atoms with Gasteiger partial charge in [0.25, 0.3) is 0 Å². The highest BCUT2D eigenvalue weighted by Gasteiger charge is 2.18. The van der Waals surface area contributed by atoms with Gasteiger partial charge in [-0.15, -0.1) is 12.4 Å². The molecule has 0 saturated heterocycles. The molecule has 3 nitrogen and oxygen atoms in total. The summed E-state index contributed by atoms with van der Waals surface area (Å²) in [6.45, 7) is 2.12. The second-order valence-corrected chi connectivity index (χ2v) is 7.03. The molecule has 2 heterocycles. The summed E-state index contributed by atoms with van der Waals surface area (Å²) in [6.07, 6.45) is 7.42. The second kappa shape index (κ2) is 8.05. The van der Waals surface area contributed by atoms with Crippen LogP contribution in [0.1, 0.15) is 56.3 Å². The van der Waals surface area contributed by atoms with Crippen LogP contribution in [0.2, 0.25) is 0 Å². The number of nitrogens with zero attached hydrogens (tertiary/aromatic N) is 2. The molecule has 0 aliphatic heterocycles. The molecule has 4 rings (SSSR count). The third kappa shape index (κ3) is 3.54. The highest BCUT2D eigenvalue weighted by Crippen LogP contribution is 2.35. The minimum Gasteiger partial charge on any atom is -0.384 e.